The summed E-state index contributed by atoms with van der Waals surface area (Å²) in [5, 5.41) is 3.57. The number of pyridine rings is 1. The van der Waals surface area contributed by atoms with E-state index in [2.05, 4.69) is 27.2 Å². The highest BCUT2D eigenvalue weighted by Gasteiger charge is 2.36. The maximum atomic E-state index is 5.13. The van der Waals surface area contributed by atoms with Crippen molar-refractivity contribution in [1.29, 1.82) is 0 Å². The lowest BCUT2D eigenvalue weighted by Gasteiger charge is -2.25. The standard InChI is InChI=1S/C13H18N4O/c1-3-13(7-4-8-14-13)12-15-9-5-6-10(18-2)16-11(9)17-12/h5-6,14H,3-4,7-8H2,1-2H3,(H,15,16,17). The first-order valence-electron chi connectivity index (χ1n) is 6.44. The van der Waals surface area contributed by atoms with Crippen LogP contribution in [0.5, 0.6) is 5.88 Å². The van der Waals surface area contributed by atoms with Gasteiger partial charge in [0.15, 0.2) is 5.65 Å². The van der Waals surface area contributed by atoms with Gasteiger partial charge in [-0.05, 0) is 31.9 Å². The Labute approximate surface area is 106 Å². The molecule has 3 heterocycles. The second-order valence-electron chi connectivity index (χ2n) is 4.78. The molecule has 18 heavy (non-hydrogen) atoms. The van der Waals surface area contributed by atoms with E-state index in [-0.39, 0.29) is 5.54 Å². The van der Waals surface area contributed by atoms with E-state index in [1.165, 1.54) is 6.42 Å². The minimum absolute atomic E-state index is 0.00602. The van der Waals surface area contributed by atoms with Gasteiger partial charge in [-0.2, -0.15) is 4.98 Å². The second kappa shape index (κ2) is 4.24. The number of nitrogens with one attached hydrogen (secondary N) is 2. The summed E-state index contributed by atoms with van der Waals surface area (Å²) in [6.45, 7) is 3.25. The summed E-state index contributed by atoms with van der Waals surface area (Å²) in [5.74, 6) is 1.60. The minimum atomic E-state index is -0.00602. The van der Waals surface area contributed by atoms with Crippen molar-refractivity contribution < 1.29 is 4.74 Å². The van der Waals surface area contributed by atoms with E-state index in [0.717, 1.165) is 36.4 Å². The molecule has 0 amide bonds. The fraction of sp³-hybridized carbons (Fsp3) is 0.538. The van der Waals surface area contributed by atoms with Crippen LogP contribution < -0.4 is 10.1 Å². The van der Waals surface area contributed by atoms with Crippen molar-refractivity contribution in [2.24, 2.45) is 0 Å². The molecule has 1 aliphatic rings. The van der Waals surface area contributed by atoms with Gasteiger partial charge in [-0.15, -0.1) is 0 Å². The summed E-state index contributed by atoms with van der Waals surface area (Å²) in [6, 6.07) is 3.82. The molecule has 1 aliphatic heterocycles. The second-order valence-corrected chi connectivity index (χ2v) is 4.78. The van der Waals surface area contributed by atoms with Crippen LogP contribution in [0.3, 0.4) is 0 Å². The Bertz CT molecular complexity index is 557. The number of methoxy groups -OCH3 is 1. The number of aromatic nitrogens is 3. The lowest BCUT2D eigenvalue weighted by atomic mass is 9.93. The highest BCUT2D eigenvalue weighted by molar-refractivity contribution is 5.71. The van der Waals surface area contributed by atoms with Gasteiger partial charge in [0.2, 0.25) is 5.88 Å². The monoisotopic (exact) mass is 246 g/mol. The molecule has 2 aromatic rings. The molecule has 0 saturated carbocycles. The molecule has 5 heteroatoms. The number of rotatable bonds is 3. The van der Waals surface area contributed by atoms with Gasteiger partial charge in [-0.1, -0.05) is 6.92 Å². The summed E-state index contributed by atoms with van der Waals surface area (Å²) in [4.78, 5) is 12.4. The van der Waals surface area contributed by atoms with E-state index in [1.807, 2.05) is 12.1 Å². The van der Waals surface area contributed by atoms with Gasteiger partial charge < -0.3 is 15.0 Å². The molecule has 1 atom stereocenters. The van der Waals surface area contributed by atoms with E-state index in [4.69, 9.17) is 4.74 Å². The molecule has 2 N–H and O–H groups in total. The van der Waals surface area contributed by atoms with Crippen LogP contribution in [0.4, 0.5) is 0 Å². The molecule has 0 bridgehead atoms. The highest BCUT2D eigenvalue weighted by atomic mass is 16.5. The molecular weight excluding hydrogens is 228 g/mol. The number of imidazole rings is 1. The Hall–Kier alpha value is -1.62. The maximum Gasteiger partial charge on any atom is 0.215 e. The first-order chi connectivity index (χ1) is 8.77. The Morgan fingerprint density at radius 1 is 1.39 bits per heavy atom. The number of nitrogens with zero attached hydrogens (tertiary/aromatic N) is 2. The van der Waals surface area contributed by atoms with Crippen molar-refractivity contribution in [3.8, 4) is 5.88 Å². The van der Waals surface area contributed by atoms with Gasteiger partial charge in [0.05, 0.1) is 18.2 Å². The Morgan fingerprint density at radius 2 is 2.28 bits per heavy atom. The molecule has 0 spiro atoms. The third kappa shape index (κ3) is 1.66. The molecule has 96 valence electrons. The van der Waals surface area contributed by atoms with Crippen LogP contribution in [0.1, 0.15) is 32.0 Å². The number of hydrogen-bond donors (Lipinski definition) is 2. The molecule has 1 fully saturated rings. The van der Waals surface area contributed by atoms with Crippen molar-refractivity contribution in [2.45, 2.75) is 31.7 Å². The molecule has 1 unspecified atom stereocenters. The van der Waals surface area contributed by atoms with E-state index in [0.29, 0.717) is 5.88 Å². The minimum Gasteiger partial charge on any atom is -0.481 e. The molecule has 0 aromatic carbocycles. The smallest absolute Gasteiger partial charge is 0.215 e. The fourth-order valence-corrected chi connectivity index (χ4v) is 2.69. The van der Waals surface area contributed by atoms with E-state index < -0.39 is 0 Å². The van der Waals surface area contributed by atoms with Crippen LogP contribution in [-0.4, -0.2) is 28.6 Å². The quantitative estimate of drug-likeness (QED) is 0.869. The van der Waals surface area contributed by atoms with Gasteiger partial charge >= 0.3 is 0 Å². The summed E-state index contributed by atoms with van der Waals surface area (Å²) in [6.07, 6.45) is 3.35. The average Bonchev–Trinajstić information content (AvgIpc) is 3.04. The molecule has 5 nitrogen and oxygen atoms in total. The largest absolute Gasteiger partial charge is 0.481 e. The van der Waals surface area contributed by atoms with Crippen molar-refractivity contribution in [2.75, 3.05) is 13.7 Å². The number of ether oxygens (including phenoxy) is 1. The van der Waals surface area contributed by atoms with E-state index >= 15 is 0 Å². The number of fused-ring (bicyclic) bond motifs is 1. The van der Waals surface area contributed by atoms with Crippen molar-refractivity contribution in [1.82, 2.24) is 20.3 Å². The number of aromatic amines is 1. The normalized spacial score (nSPS) is 23.7. The van der Waals surface area contributed by atoms with Gasteiger partial charge in [0.25, 0.3) is 0 Å². The molecular formula is C13H18N4O. The third-order valence-electron chi connectivity index (χ3n) is 3.83. The topological polar surface area (TPSA) is 62.8 Å². The Balaban J connectivity index is 2.07. The van der Waals surface area contributed by atoms with Crippen molar-refractivity contribution in [3.63, 3.8) is 0 Å². The first kappa shape index (κ1) is 11.5. The molecule has 1 saturated heterocycles. The summed E-state index contributed by atoms with van der Waals surface area (Å²) in [5.41, 5.74) is 1.69. The van der Waals surface area contributed by atoms with Crippen LogP contribution in [0.2, 0.25) is 0 Å². The molecule has 0 aliphatic carbocycles. The zero-order chi connectivity index (χ0) is 12.6. The summed E-state index contributed by atoms with van der Waals surface area (Å²) >= 11 is 0. The maximum absolute atomic E-state index is 5.13. The van der Waals surface area contributed by atoms with Crippen LogP contribution >= 0.6 is 0 Å². The SMILES string of the molecule is CCC1(c2nc3nc(OC)ccc3[nH]2)CCCN1. The fourth-order valence-electron chi connectivity index (χ4n) is 2.69. The predicted octanol–water partition coefficient (Wildman–Crippen LogP) is 1.96. The highest BCUT2D eigenvalue weighted by Crippen LogP contribution is 2.33. The van der Waals surface area contributed by atoms with Gasteiger partial charge in [-0.3, -0.25) is 0 Å². The first-order valence-corrected chi connectivity index (χ1v) is 6.44. The summed E-state index contributed by atoms with van der Waals surface area (Å²) < 4.78 is 5.13. The molecule has 3 rings (SSSR count). The van der Waals surface area contributed by atoms with Crippen molar-refractivity contribution in [3.05, 3.63) is 18.0 Å². The summed E-state index contributed by atoms with van der Waals surface area (Å²) in [7, 11) is 1.62. The third-order valence-corrected chi connectivity index (χ3v) is 3.83. The van der Waals surface area contributed by atoms with Gasteiger partial charge in [0, 0.05) is 6.07 Å². The zero-order valence-corrected chi connectivity index (χ0v) is 10.8. The molecule has 0 radical (unpaired) electrons. The van der Waals surface area contributed by atoms with E-state index in [1.54, 1.807) is 7.11 Å². The van der Waals surface area contributed by atoms with E-state index in [9.17, 15) is 0 Å². The van der Waals surface area contributed by atoms with Crippen molar-refractivity contribution >= 4 is 11.2 Å². The zero-order valence-electron chi connectivity index (χ0n) is 10.8. The van der Waals surface area contributed by atoms with Gasteiger partial charge in [0.1, 0.15) is 5.82 Å². The van der Waals surface area contributed by atoms with Gasteiger partial charge in [-0.25, -0.2) is 4.98 Å². The number of hydrogen-bond acceptors (Lipinski definition) is 4. The Kier molecular flexibility index (Phi) is 2.70. The lowest BCUT2D eigenvalue weighted by Crippen LogP contribution is -2.37. The average molecular weight is 246 g/mol. The van der Waals surface area contributed by atoms with Crippen LogP contribution in [-0.2, 0) is 5.54 Å². The lowest BCUT2D eigenvalue weighted by molar-refractivity contribution is 0.356. The van der Waals surface area contributed by atoms with Crippen LogP contribution in [0.15, 0.2) is 12.1 Å². The predicted molar refractivity (Wildman–Crippen MR) is 69.6 cm³/mol. The number of H-pyrrole nitrogens is 1. The van der Waals surface area contributed by atoms with Crippen LogP contribution in [0, 0.1) is 0 Å². The molecule has 2 aromatic heterocycles. The Morgan fingerprint density at radius 3 is 2.94 bits per heavy atom. The van der Waals surface area contributed by atoms with Crippen LogP contribution in [0.25, 0.3) is 11.2 Å².